The van der Waals surface area contributed by atoms with Gasteiger partial charge in [-0.1, -0.05) is 65.2 Å². The first-order chi connectivity index (χ1) is 20.7. The molecule has 0 bridgehead atoms. The maximum atomic E-state index is 14.6. The Labute approximate surface area is 265 Å². The molecule has 1 N–H and O–H groups in total. The normalized spacial score (nSPS) is 18.4. The number of carbonyl (C=O) groups is 2. The molecule has 1 saturated heterocycles. The van der Waals surface area contributed by atoms with Crippen LogP contribution in [0.15, 0.2) is 102 Å². The van der Waals surface area contributed by atoms with Crippen LogP contribution < -0.4 is 5.32 Å². The zero-order valence-corrected chi connectivity index (χ0v) is 26.1. The van der Waals surface area contributed by atoms with E-state index in [1.54, 1.807) is 6.20 Å². The zero-order chi connectivity index (χ0) is 30.1. The number of likely N-dealkylation sites (tertiary alicyclic amines) is 1. The first kappa shape index (κ1) is 29.3. The summed E-state index contributed by atoms with van der Waals surface area (Å²) >= 11 is 14.0. The van der Waals surface area contributed by atoms with Crippen LogP contribution in [0.4, 0.5) is 0 Å². The van der Waals surface area contributed by atoms with E-state index in [-0.39, 0.29) is 24.8 Å². The molecule has 1 aliphatic heterocycles. The molecule has 1 fully saturated rings. The van der Waals surface area contributed by atoms with Crippen molar-refractivity contribution >= 4 is 57.7 Å². The van der Waals surface area contributed by atoms with Gasteiger partial charge in [0.1, 0.15) is 4.75 Å². The van der Waals surface area contributed by atoms with Gasteiger partial charge in [0.2, 0.25) is 11.8 Å². The van der Waals surface area contributed by atoms with Crippen LogP contribution in [0.5, 0.6) is 0 Å². The maximum Gasteiger partial charge on any atom is 0.239 e. The molecule has 6 rings (SSSR count). The fourth-order valence-corrected chi connectivity index (χ4v) is 7.50. The summed E-state index contributed by atoms with van der Waals surface area (Å²) in [6.45, 7) is 2.61. The molecule has 0 aliphatic carbocycles. The van der Waals surface area contributed by atoms with Gasteiger partial charge in [0.05, 0.1) is 24.7 Å². The van der Waals surface area contributed by atoms with Crippen molar-refractivity contribution in [2.45, 2.75) is 42.1 Å². The number of fused-ring (bicyclic) bond motifs is 1. The standard InChI is InChI=1S/C34H30Cl2N4O2S/c1-22-6-13-27(14-7-22)43-34(33(42)38-19-26-5-3-4-16-37-26)18-31(41)40(20-23-8-10-24(35)11-9-23)32(34)29-21-39(2)30-17-25(36)12-15-28(29)30/h3-17,21,32H,18-20H2,1-2H3,(H,38,42). The zero-order valence-electron chi connectivity index (χ0n) is 23.8. The number of amides is 2. The number of pyridine rings is 1. The van der Waals surface area contributed by atoms with Crippen LogP contribution in [-0.4, -0.2) is 31.0 Å². The Morgan fingerprint density at radius 1 is 1.02 bits per heavy atom. The number of benzene rings is 3. The quantitative estimate of drug-likeness (QED) is 0.193. The average molecular weight is 630 g/mol. The number of hydrogen-bond donors (Lipinski definition) is 1. The summed E-state index contributed by atoms with van der Waals surface area (Å²) in [6, 6.07) is 26.3. The number of thioether (sulfide) groups is 1. The van der Waals surface area contributed by atoms with Gasteiger partial charge in [-0.25, -0.2) is 0 Å². The third-order valence-corrected chi connectivity index (χ3v) is 9.81. The number of carbonyl (C=O) groups excluding carboxylic acids is 2. The third-order valence-electron chi connectivity index (χ3n) is 7.89. The number of rotatable bonds is 8. The van der Waals surface area contributed by atoms with E-state index in [4.69, 9.17) is 23.2 Å². The van der Waals surface area contributed by atoms with Crippen molar-refractivity contribution in [3.63, 3.8) is 0 Å². The first-order valence-corrected chi connectivity index (χ1v) is 15.5. The van der Waals surface area contributed by atoms with Gasteiger partial charge in [0, 0.05) is 57.4 Å². The Bertz CT molecular complexity index is 1790. The Morgan fingerprint density at radius 3 is 2.49 bits per heavy atom. The molecule has 1 aliphatic rings. The highest BCUT2D eigenvalue weighted by Crippen LogP contribution is 2.54. The van der Waals surface area contributed by atoms with Crippen molar-refractivity contribution in [1.29, 1.82) is 0 Å². The summed E-state index contributed by atoms with van der Waals surface area (Å²) in [5, 5.41) is 5.33. The monoisotopic (exact) mass is 628 g/mol. The van der Waals surface area contributed by atoms with Crippen molar-refractivity contribution in [1.82, 2.24) is 19.8 Å². The molecule has 5 aromatic rings. The minimum atomic E-state index is -1.18. The van der Waals surface area contributed by atoms with Crippen molar-refractivity contribution in [2.24, 2.45) is 7.05 Å². The molecule has 2 atom stereocenters. The summed E-state index contributed by atoms with van der Waals surface area (Å²) < 4.78 is 0.828. The Hall–Kier alpha value is -3.78. The summed E-state index contributed by atoms with van der Waals surface area (Å²) in [6.07, 6.45) is 3.76. The molecular weight excluding hydrogens is 599 g/mol. The number of aryl methyl sites for hydroxylation is 2. The van der Waals surface area contributed by atoms with Gasteiger partial charge >= 0.3 is 0 Å². The van der Waals surface area contributed by atoms with Gasteiger partial charge in [-0.15, -0.1) is 11.8 Å². The van der Waals surface area contributed by atoms with Crippen LogP contribution in [0.2, 0.25) is 10.0 Å². The molecule has 0 saturated carbocycles. The highest BCUT2D eigenvalue weighted by atomic mass is 35.5. The van der Waals surface area contributed by atoms with Crippen LogP contribution in [0, 0.1) is 6.92 Å². The predicted molar refractivity (Wildman–Crippen MR) is 173 cm³/mol. The van der Waals surface area contributed by atoms with Crippen molar-refractivity contribution in [3.05, 3.63) is 130 Å². The molecule has 0 spiro atoms. The number of nitrogens with zero attached hydrogens (tertiary/aromatic N) is 3. The molecule has 2 aromatic heterocycles. The Balaban J connectivity index is 1.51. The topological polar surface area (TPSA) is 67.2 Å². The molecule has 3 heterocycles. The summed E-state index contributed by atoms with van der Waals surface area (Å²) in [7, 11) is 1.96. The van der Waals surface area contributed by atoms with Crippen LogP contribution in [0.25, 0.3) is 10.9 Å². The second kappa shape index (κ2) is 12.1. The highest BCUT2D eigenvalue weighted by Gasteiger charge is 2.58. The molecule has 3 aromatic carbocycles. The lowest BCUT2D eigenvalue weighted by atomic mass is 9.91. The van der Waals surface area contributed by atoms with E-state index in [1.165, 1.54) is 11.8 Å². The van der Waals surface area contributed by atoms with Crippen LogP contribution >= 0.6 is 35.0 Å². The summed E-state index contributed by atoms with van der Waals surface area (Å²) in [5.74, 6) is -0.315. The van der Waals surface area contributed by atoms with Gasteiger partial charge in [-0.05, 0) is 61.0 Å². The largest absolute Gasteiger partial charge is 0.350 e. The lowest BCUT2D eigenvalue weighted by molar-refractivity contribution is -0.129. The van der Waals surface area contributed by atoms with Crippen LogP contribution in [0.3, 0.4) is 0 Å². The van der Waals surface area contributed by atoms with Crippen LogP contribution in [-0.2, 0) is 29.7 Å². The predicted octanol–water partition coefficient (Wildman–Crippen LogP) is 7.51. The van der Waals surface area contributed by atoms with Gasteiger partial charge in [-0.2, -0.15) is 0 Å². The fraction of sp³-hybridized carbons (Fsp3) is 0.206. The van der Waals surface area contributed by atoms with Gasteiger partial charge < -0.3 is 14.8 Å². The number of nitrogens with one attached hydrogen (secondary N) is 1. The fourth-order valence-electron chi connectivity index (χ4n) is 5.79. The minimum Gasteiger partial charge on any atom is -0.350 e. The van der Waals surface area contributed by atoms with E-state index in [2.05, 4.69) is 10.3 Å². The number of hydrogen-bond acceptors (Lipinski definition) is 4. The van der Waals surface area contributed by atoms with E-state index >= 15 is 0 Å². The Kier molecular flexibility index (Phi) is 8.23. The van der Waals surface area contributed by atoms with E-state index in [0.29, 0.717) is 16.6 Å². The minimum absolute atomic E-state index is 0.0296. The molecule has 2 unspecified atom stereocenters. The molecule has 218 valence electrons. The average Bonchev–Trinajstić information content (AvgIpc) is 3.47. The summed E-state index contributed by atoms with van der Waals surface area (Å²) in [4.78, 5) is 35.9. The second-order valence-corrected chi connectivity index (χ2v) is 13.2. The SMILES string of the molecule is Cc1ccc(SC2(C(=O)NCc3ccccn3)CC(=O)N(Cc3ccc(Cl)cc3)C2c2cn(C)c3cc(Cl)ccc23)cc1. The van der Waals surface area contributed by atoms with E-state index in [9.17, 15) is 9.59 Å². The molecule has 2 amide bonds. The highest BCUT2D eigenvalue weighted by molar-refractivity contribution is 8.01. The molecule has 43 heavy (non-hydrogen) atoms. The summed E-state index contributed by atoms with van der Waals surface area (Å²) in [5.41, 5.74) is 4.60. The smallest absolute Gasteiger partial charge is 0.239 e. The van der Waals surface area contributed by atoms with E-state index in [0.717, 1.165) is 38.2 Å². The van der Waals surface area contributed by atoms with Crippen molar-refractivity contribution < 1.29 is 9.59 Å². The number of aromatic nitrogens is 2. The molecule has 0 radical (unpaired) electrons. The van der Waals surface area contributed by atoms with Gasteiger partial charge in [0.15, 0.2) is 0 Å². The second-order valence-electron chi connectivity index (χ2n) is 10.9. The van der Waals surface area contributed by atoms with E-state index < -0.39 is 10.8 Å². The van der Waals surface area contributed by atoms with Gasteiger partial charge in [-0.3, -0.25) is 14.6 Å². The van der Waals surface area contributed by atoms with E-state index in [1.807, 2.05) is 115 Å². The first-order valence-electron chi connectivity index (χ1n) is 14.0. The third kappa shape index (κ3) is 5.90. The number of halogens is 2. The van der Waals surface area contributed by atoms with Gasteiger partial charge in [0.25, 0.3) is 0 Å². The van der Waals surface area contributed by atoms with Crippen molar-refractivity contribution in [3.8, 4) is 0 Å². The lowest BCUT2D eigenvalue weighted by Crippen LogP contribution is -2.48. The molecule has 9 heteroatoms. The maximum absolute atomic E-state index is 14.6. The lowest BCUT2D eigenvalue weighted by Gasteiger charge is -2.36. The van der Waals surface area contributed by atoms with Crippen LogP contribution in [0.1, 0.15) is 34.8 Å². The Morgan fingerprint density at radius 2 is 1.77 bits per heavy atom. The molecular formula is C34H30Cl2N4O2S. The van der Waals surface area contributed by atoms with Crippen molar-refractivity contribution in [2.75, 3.05) is 0 Å². The molecule has 6 nitrogen and oxygen atoms in total.